The van der Waals surface area contributed by atoms with Crippen molar-refractivity contribution in [3.63, 3.8) is 0 Å². The van der Waals surface area contributed by atoms with Crippen molar-refractivity contribution in [2.24, 2.45) is 4.99 Å². The van der Waals surface area contributed by atoms with Gasteiger partial charge in [0.05, 0.1) is 6.54 Å². The summed E-state index contributed by atoms with van der Waals surface area (Å²) in [4.78, 5) is 6.67. The lowest BCUT2D eigenvalue weighted by atomic mass is 10.3. The second-order valence-corrected chi connectivity index (χ2v) is 5.65. The lowest BCUT2D eigenvalue weighted by Crippen LogP contribution is -2.47. The van der Waals surface area contributed by atoms with Gasteiger partial charge in [-0.25, -0.2) is 0 Å². The van der Waals surface area contributed by atoms with E-state index in [0.717, 1.165) is 24.7 Å². The molecule has 0 bridgehead atoms. The zero-order valence-corrected chi connectivity index (χ0v) is 11.7. The predicted octanol–water partition coefficient (Wildman–Crippen LogP) is 1.58. The van der Waals surface area contributed by atoms with Crippen LogP contribution in [0.5, 0.6) is 0 Å². The Morgan fingerprint density at radius 2 is 2.61 bits per heavy atom. The van der Waals surface area contributed by atoms with E-state index in [2.05, 4.69) is 39.1 Å². The molecule has 1 aromatic rings. The van der Waals surface area contributed by atoms with Crippen molar-refractivity contribution >= 4 is 17.7 Å². The molecule has 1 atom stereocenters. The van der Waals surface area contributed by atoms with Gasteiger partial charge in [0.2, 0.25) is 0 Å². The third-order valence-corrected chi connectivity index (χ3v) is 4.40. The third kappa shape index (κ3) is 3.41. The molecule has 0 radical (unpaired) electrons. The number of guanidine groups is 1. The number of nitrogens with one attached hydrogen (secondary N) is 1. The average molecular weight is 268 g/mol. The van der Waals surface area contributed by atoms with Crippen LogP contribution in [0.3, 0.4) is 0 Å². The zero-order chi connectivity index (χ0) is 12.8. The minimum Gasteiger partial charge on any atom is -0.364 e. The fourth-order valence-electron chi connectivity index (χ4n) is 1.99. The highest BCUT2D eigenvalue weighted by Gasteiger charge is 2.21. The SMILES string of the molecule is CCC1CN(C(=NC)NCc2ccon2)CCS1. The Bertz CT molecular complexity index is 379. The number of aromatic nitrogens is 1. The van der Waals surface area contributed by atoms with Crippen molar-refractivity contribution in [2.75, 3.05) is 25.9 Å². The molecule has 1 N–H and O–H groups in total. The van der Waals surface area contributed by atoms with E-state index in [1.54, 1.807) is 6.26 Å². The molecule has 1 aliphatic rings. The van der Waals surface area contributed by atoms with Gasteiger partial charge >= 0.3 is 0 Å². The molecule has 1 aliphatic heterocycles. The summed E-state index contributed by atoms with van der Waals surface area (Å²) < 4.78 is 4.81. The molecule has 1 unspecified atom stereocenters. The highest BCUT2D eigenvalue weighted by atomic mass is 32.2. The molecule has 0 amide bonds. The van der Waals surface area contributed by atoms with Gasteiger partial charge in [0, 0.05) is 37.2 Å². The first-order valence-electron chi connectivity index (χ1n) is 6.30. The van der Waals surface area contributed by atoms with E-state index in [4.69, 9.17) is 4.52 Å². The van der Waals surface area contributed by atoms with Gasteiger partial charge in [-0.3, -0.25) is 4.99 Å². The maximum absolute atomic E-state index is 4.81. The molecule has 0 spiro atoms. The fourth-order valence-corrected chi connectivity index (χ4v) is 3.17. The first kappa shape index (κ1) is 13.3. The average Bonchev–Trinajstić information content (AvgIpc) is 2.93. The molecule has 100 valence electrons. The van der Waals surface area contributed by atoms with Gasteiger partial charge in [-0.05, 0) is 6.42 Å². The maximum atomic E-state index is 4.81. The van der Waals surface area contributed by atoms with Crippen LogP contribution < -0.4 is 5.32 Å². The molecular weight excluding hydrogens is 248 g/mol. The Balaban J connectivity index is 1.88. The molecule has 2 heterocycles. The lowest BCUT2D eigenvalue weighted by molar-refractivity contribution is 0.399. The monoisotopic (exact) mass is 268 g/mol. The van der Waals surface area contributed by atoms with E-state index in [1.807, 2.05) is 13.1 Å². The molecule has 1 aromatic heterocycles. The van der Waals surface area contributed by atoms with Crippen LogP contribution in [0.4, 0.5) is 0 Å². The summed E-state index contributed by atoms with van der Waals surface area (Å²) in [5.41, 5.74) is 0.898. The van der Waals surface area contributed by atoms with Crippen LogP contribution in [-0.2, 0) is 6.54 Å². The summed E-state index contributed by atoms with van der Waals surface area (Å²) in [6, 6.07) is 1.86. The number of thioether (sulfide) groups is 1. The molecule has 0 aliphatic carbocycles. The Morgan fingerprint density at radius 1 is 1.72 bits per heavy atom. The molecule has 18 heavy (non-hydrogen) atoms. The van der Waals surface area contributed by atoms with E-state index in [1.165, 1.54) is 12.2 Å². The van der Waals surface area contributed by atoms with Gasteiger partial charge in [0.25, 0.3) is 0 Å². The zero-order valence-electron chi connectivity index (χ0n) is 10.9. The molecule has 0 aromatic carbocycles. The van der Waals surface area contributed by atoms with E-state index in [-0.39, 0.29) is 0 Å². The smallest absolute Gasteiger partial charge is 0.194 e. The summed E-state index contributed by atoms with van der Waals surface area (Å²) in [6.07, 6.45) is 2.80. The summed E-state index contributed by atoms with van der Waals surface area (Å²) in [5, 5.41) is 7.93. The van der Waals surface area contributed by atoms with Gasteiger partial charge in [-0.1, -0.05) is 12.1 Å². The Morgan fingerprint density at radius 3 is 3.28 bits per heavy atom. The van der Waals surface area contributed by atoms with Crippen molar-refractivity contribution in [1.29, 1.82) is 0 Å². The summed E-state index contributed by atoms with van der Waals surface area (Å²) in [5.74, 6) is 2.13. The topological polar surface area (TPSA) is 53.7 Å². The van der Waals surface area contributed by atoms with Gasteiger partial charge in [0.1, 0.15) is 12.0 Å². The first-order chi connectivity index (χ1) is 8.83. The van der Waals surface area contributed by atoms with Crippen LogP contribution in [0.25, 0.3) is 0 Å². The van der Waals surface area contributed by atoms with E-state index >= 15 is 0 Å². The van der Waals surface area contributed by atoms with Crippen LogP contribution in [-0.4, -0.2) is 47.2 Å². The molecule has 1 saturated heterocycles. The summed E-state index contributed by atoms with van der Waals surface area (Å²) in [7, 11) is 1.83. The van der Waals surface area contributed by atoms with Crippen molar-refractivity contribution < 1.29 is 4.52 Å². The van der Waals surface area contributed by atoms with Crippen molar-refractivity contribution in [2.45, 2.75) is 25.1 Å². The van der Waals surface area contributed by atoms with Crippen molar-refractivity contribution in [3.8, 4) is 0 Å². The standard InChI is InChI=1S/C12H20N4OS/c1-3-11-9-16(5-7-18-11)12(13-2)14-8-10-4-6-17-15-10/h4,6,11H,3,5,7-9H2,1-2H3,(H,13,14). The number of rotatable bonds is 3. The number of nitrogens with zero attached hydrogens (tertiary/aromatic N) is 3. The van der Waals surface area contributed by atoms with Crippen LogP contribution in [0, 0.1) is 0 Å². The maximum Gasteiger partial charge on any atom is 0.194 e. The molecule has 0 saturated carbocycles. The molecule has 5 nitrogen and oxygen atoms in total. The van der Waals surface area contributed by atoms with E-state index in [9.17, 15) is 0 Å². The lowest BCUT2D eigenvalue weighted by Gasteiger charge is -2.34. The van der Waals surface area contributed by atoms with Crippen LogP contribution in [0.2, 0.25) is 0 Å². The first-order valence-corrected chi connectivity index (χ1v) is 7.34. The second kappa shape index (κ2) is 6.68. The quantitative estimate of drug-likeness (QED) is 0.666. The minimum atomic E-state index is 0.656. The Kier molecular flexibility index (Phi) is 4.92. The number of aliphatic imine (C=N–C) groups is 1. The highest BCUT2D eigenvalue weighted by molar-refractivity contribution is 8.00. The summed E-state index contributed by atoms with van der Waals surface area (Å²) >= 11 is 2.06. The van der Waals surface area contributed by atoms with Gasteiger partial charge in [0.15, 0.2) is 5.96 Å². The largest absolute Gasteiger partial charge is 0.364 e. The van der Waals surface area contributed by atoms with Crippen LogP contribution >= 0.6 is 11.8 Å². The Labute approximate surface area is 112 Å². The van der Waals surface area contributed by atoms with E-state index in [0.29, 0.717) is 11.8 Å². The van der Waals surface area contributed by atoms with Crippen LogP contribution in [0.15, 0.2) is 21.8 Å². The fraction of sp³-hybridized carbons (Fsp3) is 0.667. The van der Waals surface area contributed by atoms with Gasteiger partial charge < -0.3 is 14.7 Å². The molecule has 2 rings (SSSR count). The van der Waals surface area contributed by atoms with Crippen LogP contribution in [0.1, 0.15) is 19.0 Å². The highest BCUT2D eigenvalue weighted by Crippen LogP contribution is 2.20. The van der Waals surface area contributed by atoms with Gasteiger partial charge in [-0.2, -0.15) is 11.8 Å². The van der Waals surface area contributed by atoms with Crippen molar-refractivity contribution in [1.82, 2.24) is 15.4 Å². The predicted molar refractivity (Wildman–Crippen MR) is 74.8 cm³/mol. The second-order valence-electron chi connectivity index (χ2n) is 4.24. The molecular formula is C12H20N4OS. The summed E-state index contributed by atoms with van der Waals surface area (Å²) in [6.45, 7) is 5.02. The normalized spacial score (nSPS) is 21.1. The van der Waals surface area contributed by atoms with Crippen molar-refractivity contribution in [3.05, 3.63) is 18.0 Å². The van der Waals surface area contributed by atoms with E-state index < -0.39 is 0 Å². The number of hydrogen-bond acceptors (Lipinski definition) is 4. The number of hydrogen-bond donors (Lipinski definition) is 1. The third-order valence-electron chi connectivity index (χ3n) is 3.02. The minimum absolute atomic E-state index is 0.656. The van der Waals surface area contributed by atoms with Gasteiger partial charge in [-0.15, -0.1) is 0 Å². The Hall–Kier alpha value is -1.17. The molecule has 1 fully saturated rings. The molecule has 6 heteroatoms.